The molecule has 0 fully saturated rings. The second-order valence-electron chi connectivity index (χ2n) is 7.16. The highest BCUT2D eigenvalue weighted by Gasteiger charge is 2.12. The zero-order valence-electron chi connectivity index (χ0n) is 19.5. The Labute approximate surface area is 198 Å². The minimum Gasteiger partial charge on any atom is -0.508 e. The average Bonchev–Trinajstić information content (AvgIpc) is 2.86. The van der Waals surface area contributed by atoms with Crippen molar-refractivity contribution in [3.63, 3.8) is 0 Å². The van der Waals surface area contributed by atoms with E-state index in [1.807, 2.05) is 30.4 Å². The lowest BCUT2D eigenvalue weighted by molar-refractivity contribution is -0.111. The first-order valence-electron chi connectivity index (χ1n) is 10.4. The van der Waals surface area contributed by atoms with E-state index in [1.165, 1.54) is 6.08 Å². The number of hydrogen-bond donors (Lipinski definition) is 2. The van der Waals surface area contributed by atoms with Crippen molar-refractivity contribution < 1.29 is 28.8 Å². The number of anilines is 1. The second-order valence-corrected chi connectivity index (χ2v) is 7.16. The van der Waals surface area contributed by atoms with Crippen LogP contribution in [-0.4, -0.2) is 39.5 Å². The fourth-order valence-corrected chi connectivity index (χ4v) is 3.28. The number of nitrogens with one attached hydrogen (secondary N) is 1. The summed E-state index contributed by atoms with van der Waals surface area (Å²) in [4.78, 5) is 12.5. The fraction of sp³-hybridized carbons (Fsp3) is 0.148. The zero-order chi connectivity index (χ0) is 24.5. The molecule has 0 aliphatic carbocycles. The predicted molar refractivity (Wildman–Crippen MR) is 134 cm³/mol. The summed E-state index contributed by atoms with van der Waals surface area (Å²) in [6.07, 6.45) is 6.77. The minimum atomic E-state index is -0.309. The van der Waals surface area contributed by atoms with E-state index < -0.39 is 0 Å². The minimum absolute atomic E-state index is 0.136. The van der Waals surface area contributed by atoms with Gasteiger partial charge in [0, 0.05) is 17.3 Å². The van der Waals surface area contributed by atoms with Crippen molar-refractivity contribution in [2.45, 2.75) is 0 Å². The molecular weight excluding hydrogens is 434 g/mol. The Bertz CT molecular complexity index is 1190. The lowest BCUT2D eigenvalue weighted by Gasteiger charge is -2.13. The number of benzene rings is 3. The maximum absolute atomic E-state index is 12.5. The van der Waals surface area contributed by atoms with E-state index in [2.05, 4.69) is 5.32 Å². The van der Waals surface area contributed by atoms with Crippen molar-refractivity contribution in [2.24, 2.45) is 0 Å². The number of phenolic OH excluding ortho intramolecular Hbond substituents is 1. The number of rotatable bonds is 9. The summed E-state index contributed by atoms with van der Waals surface area (Å²) in [5.41, 5.74) is 2.88. The Morgan fingerprint density at radius 2 is 1.53 bits per heavy atom. The predicted octanol–water partition coefficient (Wildman–Crippen LogP) is 5.25. The van der Waals surface area contributed by atoms with E-state index in [9.17, 15) is 9.90 Å². The second kappa shape index (κ2) is 11.5. The van der Waals surface area contributed by atoms with Crippen LogP contribution in [0.2, 0.25) is 0 Å². The molecule has 0 saturated heterocycles. The van der Waals surface area contributed by atoms with Gasteiger partial charge in [-0.3, -0.25) is 4.79 Å². The van der Waals surface area contributed by atoms with E-state index in [0.717, 1.165) is 11.1 Å². The van der Waals surface area contributed by atoms with E-state index in [4.69, 9.17) is 18.9 Å². The number of carbonyl (C=O) groups excluding carboxylic acids is 1. The van der Waals surface area contributed by atoms with Crippen LogP contribution in [0.4, 0.5) is 5.69 Å². The number of hydrogen-bond acceptors (Lipinski definition) is 6. The lowest BCUT2D eigenvalue weighted by Crippen LogP contribution is -2.09. The Morgan fingerprint density at radius 3 is 2.15 bits per heavy atom. The summed E-state index contributed by atoms with van der Waals surface area (Å²) >= 11 is 0. The number of ether oxygens (including phenoxy) is 4. The van der Waals surface area contributed by atoms with Crippen molar-refractivity contribution in [1.29, 1.82) is 0 Å². The van der Waals surface area contributed by atoms with Crippen LogP contribution >= 0.6 is 0 Å². The van der Waals surface area contributed by atoms with Gasteiger partial charge in [0.25, 0.3) is 0 Å². The molecule has 7 heteroatoms. The molecule has 2 N–H and O–H groups in total. The standard InChI is InChI=1S/C27H27NO6/c1-31-22-11-12-23(28-26(30)13-9-18-6-5-7-21(29)14-18)20(17-22)10-8-19-15-24(32-2)27(34-4)25(16-19)33-3/h5-17,29H,1-4H3,(H,28,30)/b10-8+,13-9+. The van der Waals surface area contributed by atoms with Crippen LogP contribution in [0.5, 0.6) is 28.7 Å². The molecule has 34 heavy (non-hydrogen) atoms. The summed E-state index contributed by atoms with van der Waals surface area (Å²) in [6.45, 7) is 0. The summed E-state index contributed by atoms with van der Waals surface area (Å²) in [5.74, 6) is 2.07. The van der Waals surface area contributed by atoms with Gasteiger partial charge in [0.1, 0.15) is 11.5 Å². The third kappa shape index (κ3) is 6.10. The van der Waals surface area contributed by atoms with Crippen LogP contribution in [0.3, 0.4) is 0 Å². The van der Waals surface area contributed by atoms with Gasteiger partial charge >= 0.3 is 0 Å². The van der Waals surface area contributed by atoms with E-state index in [0.29, 0.717) is 34.2 Å². The molecule has 0 spiro atoms. The summed E-state index contributed by atoms with van der Waals surface area (Å²) in [6, 6.07) is 15.7. The zero-order valence-corrected chi connectivity index (χ0v) is 19.5. The van der Waals surface area contributed by atoms with Gasteiger partial charge in [0.15, 0.2) is 11.5 Å². The maximum Gasteiger partial charge on any atom is 0.248 e. The van der Waals surface area contributed by atoms with Gasteiger partial charge in [0.2, 0.25) is 11.7 Å². The molecule has 7 nitrogen and oxygen atoms in total. The van der Waals surface area contributed by atoms with Gasteiger partial charge < -0.3 is 29.4 Å². The van der Waals surface area contributed by atoms with Crippen LogP contribution in [0, 0.1) is 0 Å². The van der Waals surface area contributed by atoms with Gasteiger partial charge in [-0.1, -0.05) is 24.3 Å². The fourth-order valence-electron chi connectivity index (χ4n) is 3.28. The van der Waals surface area contributed by atoms with Gasteiger partial charge in [-0.15, -0.1) is 0 Å². The number of phenols is 1. The molecule has 0 atom stereocenters. The number of amides is 1. The first kappa shape index (κ1) is 24.3. The summed E-state index contributed by atoms with van der Waals surface area (Å²) in [5, 5.41) is 12.5. The molecule has 0 heterocycles. The third-order valence-corrected chi connectivity index (χ3v) is 4.96. The molecular formula is C27H27NO6. The topological polar surface area (TPSA) is 86.3 Å². The molecule has 0 radical (unpaired) electrons. The normalized spacial score (nSPS) is 10.9. The Kier molecular flexibility index (Phi) is 8.18. The molecule has 0 bridgehead atoms. The van der Waals surface area contributed by atoms with E-state index in [1.54, 1.807) is 70.9 Å². The van der Waals surface area contributed by atoms with Crippen LogP contribution < -0.4 is 24.3 Å². The molecule has 0 aromatic heterocycles. The van der Waals surface area contributed by atoms with Crippen LogP contribution in [0.1, 0.15) is 16.7 Å². The molecule has 176 valence electrons. The first-order chi connectivity index (χ1) is 16.5. The molecule has 3 aromatic carbocycles. The van der Waals surface area contributed by atoms with Gasteiger partial charge in [0.05, 0.1) is 28.4 Å². The number of methoxy groups -OCH3 is 4. The summed E-state index contributed by atoms with van der Waals surface area (Å²) in [7, 11) is 6.25. The SMILES string of the molecule is COc1ccc(NC(=O)/C=C/c2cccc(O)c2)c(/C=C/c2cc(OC)c(OC)c(OC)c2)c1. The quantitative estimate of drug-likeness (QED) is 0.334. The number of carbonyl (C=O) groups is 1. The van der Waals surface area contributed by atoms with Gasteiger partial charge in [-0.2, -0.15) is 0 Å². The molecule has 0 unspecified atom stereocenters. The molecule has 0 aliphatic rings. The first-order valence-corrected chi connectivity index (χ1v) is 10.4. The lowest BCUT2D eigenvalue weighted by atomic mass is 10.1. The largest absolute Gasteiger partial charge is 0.508 e. The highest BCUT2D eigenvalue weighted by atomic mass is 16.5. The van der Waals surface area contributed by atoms with Crippen LogP contribution in [-0.2, 0) is 4.79 Å². The molecule has 3 rings (SSSR count). The Morgan fingerprint density at radius 1 is 0.794 bits per heavy atom. The van der Waals surface area contributed by atoms with Crippen molar-refractivity contribution in [1.82, 2.24) is 0 Å². The highest BCUT2D eigenvalue weighted by molar-refractivity contribution is 6.03. The highest BCUT2D eigenvalue weighted by Crippen LogP contribution is 2.38. The average molecular weight is 462 g/mol. The molecule has 0 aliphatic heterocycles. The van der Waals surface area contributed by atoms with Gasteiger partial charge in [-0.25, -0.2) is 0 Å². The smallest absolute Gasteiger partial charge is 0.248 e. The molecule has 3 aromatic rings. The van der Waals surface area contributed by atoms with Crippen molar-refractivity contribution in [3.8, 4) is 28.7 Å². The van der Waals surface area contributed by atoms with Crippen LogP contribution in [0.15, 0.2) is 60.7 Å². The number of aromatic hydroxyl groups is 1. The van der Waals surface area contributed by atoms with Crippen molar-refractivity contribution in [3.05, 3.63) is 77.4 Å². The summed E-state index contributed by atoms with van der Waals surface area (Å²) < 4.78 is 21.5. The van der Waals surface area contributed by atoms with Gasteiger partial charge in [-0.05, 0) is 59.7 Å². The molecule has 0 saturated carbocycles. The monoisotopic (exact) mass is 461 g/mol. The maximum atomic E-state index is 12.5. The molecule has 1 amide bonds. The van der Waals surface area contributed by atoms with Crippen molar-refractivity contribution >= 4 is 29.8 Å². The Hall–Kier alpha value is -4.39. The van der Waals surface area contributed by atoms with Crippen molar-refractivity contribution in [2.75, 3.05) is 33.8 Å². The van der Waals surface area contributed by atoms with E-state index >= 15 is 0 Å². The Balaban J connectivity index is 1.87. The third-order valence-electron chi connectivity index (χ3n) is 4.96. The van der Waals surface area contributed by atoms with E-state index in [-0.39, 0.29) is 11.7 Å². The van der Waals surface area contributed by atoms with Crippen LogP contribution in [0.25, 0.3) is 18.2 Å².